The van der Waals surface area contributed by atoms with Crippen molar-refractivity contribution in [3.8, 4) is 5.69 Å². The fraction of sp³-hybridized carbons (Fsp3) is 0.400. The van der Waals surface area contributed by atoms with Crippen LogP contribution in [0.3, 0.4) is 0 Å². The van der Waals surface area contributed by atoms with Crippen LogP contribution in [0.5, 0.6) is 0 Å². The Bertz CT molecular complexity index is 581. The summed E-state index contributed by atoms with van der Waals surface area (Å²) < 4.78 is 2.26. The zero-order valence-corrected chi connectivity index (χ0v) is 10.4. The van der Waals surface area contributed by atoms with Gasteiger partial charge in [-0.15, -0.1) is 0 Å². The van der Waals surface area contributed by atoms with Gasteiger partial charge in [-0.25, -0.2) is 4.98 Å². The zero-order valence-electron chi connectivity index (χ0n) is 10.4. The summed E-state index contributed by atoms with van der Waals surface area (Å²) in [6, 6.07) is 6.83. The van der Waals surface area contributed by atoms with Crippen LogP contribution >= 0.6 is 0 Å². The molecule has 18 heavy (non-hydrogen) atoms. The Kier molecular flexibility index (Phi) is 2.27. The van der Waals surface area contributed by atoms with Gasteiger partial charge in [0.25, 0.3) is 0 Å². The minimum Gasteiger partial charge on any atom is -0.312 e. The molecule has 1 N–H and O–H groups in total. The standard InChI is InChI=1S/C15H17N3/c1-2-12(1)15-9-17-10-18(15)14-4-3-11-5-6-16-8-13(11)7-14/h3-4,7,9-10,12,16H,1-2,5-6,8H2. The third-order valence-corrected chi connectivity index (χ3v) is 4.02. The summed E-state index contributed by atoms with van der Waals surface area (Å²) in [5.41, 5.74) is 5.57. The van der Waals surface area contributed by atoms with E-state index in [0.717, 1.165) is 25.4 Å². The van der Waals surface area contributed by atoms with Crippen LogP contribution in [0.1, 0.15) is 35.6 Å². The predicted molar refractivity (Wildman–Crippen MR) is 70.9 cm³/mol. The van der Waals surface area contributed by atoms with Gasteiger partial charge in [0.05, 0.1) is 6.33 Å². The summed E-state index contributed by atoms with van der Waals surface area (Å²) in [4.78, 5) is 4.32. The molecule has 0 saturated heterocycles. The van der Waals surface area contributed by atoms with Gasteiger partial charge in [0, 0.05) is 30.0 Å². The van der Waals surface area contributed by atoms with Crippen molar-refractivity contribution in [2.45, 2.75) is 31.7 Å². The van der Waals surface area contributed by atoms with E-state index in [4.69, 9.17) is 0 Å². The molecule has 3 nitrogen and oxygen atoms in total. The Hall–Kier alpha value is -1.61. The molecule has 1 aromatic carbocycles. The molecule has 0 spiro atoms. The van der Waals surface area contributed by atoms with Crippen LogP contribution < -0.4 is 5.32 Å². The molecule has 2 aromatic rings. The Morgan fingerprint density at radius 1 is 1.22 bits per heavy atom. The molecule has 1 saturated carbocycles. The molecular formula is C15H17N3. The highest BCUT2D eigenvalue weighted by Gasteiger charge is 2.27. The zero-order chi connectivity index (χ0) is 11.9. The Labute approximate surface area is 107 Å². The highest BCUT2D eigenvalue weighted by molar-refractivity contribution is 5.43. The van der Waals surface area contributed by atoms with Crippen LogP contribution in [0.25, 0.3) is 5.69 Å². The highest BCUT2D eigenvalue weighted by Crippen LogP contribution is 2.40. The van der Waals surface area contributed by atoms with E-state index in [0.29, 0.717) is 0 Å². The number of nitrogens with one attached hydrogen (secondary N) is 1. The van der Waals surface area contributed by atoms with E-state index < -0.39 is 0 Å². The van der Waals surface area contributed by atoms with Crippen LogP contribution in [0.4, 0.5) is 0 Å². The summed E-state index contributed by atoms with van der Waals surface area (Å²) in [5, 5.41) is 3.44. The maximum Gasteiger partial charge on any atom is 0.0994 e. The van der Waals surface area contributed by atoms with E-state index in [9.17, 15) is 0 Å². The molecule has 0 unspecified atom stereocenters. The molecule has 1 fully saturated rings. The average Bonchev–Trinajstić information content (AvgIpc) is 3.16. The van der Waals surface area contributed by atoms with Crippen molar-refractivity contribution in [1.82, 2.24) is 14.9 Å². The van der Waals surface area contributed by atoms with E-state index in [-0.39, 0.29) is 0 Å². The topological polar surface area (TPSA) is 29.9 Å². The highest BCUT2D eigenvalue weighted by atomic mass is 15.1. The molecule has 2 heterocycles. The number of benzene rings is 1. The molecule has 92 valence electrons. The smallest absolute Gasteiger partial charge is 0.0994 e. The lowest BCUT2D eigenvalue weighted by Crippen LogP contribution is -2.23. The van der Waals surface area contributed by atoms with Crippen molar-refractivity contribution in [2.24, 2.45) is 0 Å². The largest absolute Gasteiger partial charge is 0.312 e. The number of nitrogens with zero attached hydrogens (tertiary/aromatic N) is 2. The molecule has 2 aliphatic rings. The van der Waals surface area contributed by atoms with Crippen LogP contribution in [0.2, 0.25) is 0 Å². The van der Waals surface area contributed by atoms with Gasteiger partial charge in [-0.2, -0.15) is 0 Å². The van der Waals surface area contributed by atoms with Crippen LogP contribution in [0, 0.1) is 0 Å². The number of aromatic nitrogens is 2. The lowest BCUT2D eigenvalue weighted by atomic mass is 10.0. The van der Waals surface area contributed by atoms with E-state index in [1.165, 1.54) is 35.3 Å². The summed E-state index contributed by atoms with van der Waals surface area (Å²) in [7, 11) is 0. The first-order chi connectivity index (χ1) is 8.92. The van der Waals surface area contributed by atoms with Gasteiger partial charge in [0.2, 0.25) is 0 Å². The van der Waals surface area contributed by atoms with Crippen LogP contribution in [-0.4, -0.2) is 16.1 Å². The first-order valence-electron chi connectivity index (χ1n) is 6.77. The first-order valence-corrected chi connectivity index (χ1v) is 6.77. The van der Waals surface area contributed by atoms with Crippen molar-refractivity contribution < 1.29 is 0 Å². The molecule has 0 bridgehead atoms. The summed E-state index contributed by atoms with van der Waals surface area (Å²) in [5.74, 6) is 0.738. The molecule has 1 aromatic heterocycles. The van der Waals surface area contributed by atoms with Gasteiger partial charge in [-0.05, 0) is 49.1 Å². The molecule has 0 amide bonds. The third-order valence-electron chi connectivity index (χ3n) is 4.02. The predicted octanol–water partition coefficient (Wildman–Crippen LogP) is 2.40. The second kappa shape index (κ2) is 3.95. The maximum absolute atomic E-state index is 4.32. The third kappa shape index (κ3) is 1.66. The molecule has 0 atom stereocenters. The maximum atomic E-state index is 4.32. The quantitative estimate of drug-likeness (QED) is 0.872. The first kappa shape index (κ1) is 10.3. The fourth-order valence-corrected chi connectivity index (χ4v) is 2.82. The van der Waals surface area contributed by atoms with Gasteiger partial charge in [-0.3, -0.25) is 0 Å². The van der Waals surface area contributed by atoms with Crippen molar-refractivity contribution in [3.63, 3.8) is 0 Å². The molecule has 0 radical (unpaired) electrons. The van der Waals surface area contributed by atoms with E-state index in [2.05, 4.69) is 33.1 Å². The SMILES string of the molecule is c1cc2c(cc1-n1cncc1C1CC1)CNCC2. The molecular weight excluding hydrogens is 222 g/mol. The second-order valence-electron chi connectivity index (χ2n) is 5.34. The lowest BCUT2D eigenvalue weighted by Gasteiger charge is -2.18. The van der Waals surface area contributed by atoms with E-state index in [1.807, 2.05) is 12.5 Å². The molecule has 3 heteroatoms. The van der Waals surface area contributed by atoms with Crippen molar-refractivity contribution >= 4 is 0 Å². The van der Waals surface area contributed by atoms with E-state index in [1.54, 1.807) is 0 Å². The van der Waals surface area contributed by atoms with Crippen molar-refractivity contribution in [2.75, 3.05) is 6.54 Å². The van der Waals surface area contributed by atoms with Crippen molar-refractivity contribution in [1.29, 1.82) is 0 Å². The van der Waals surface area contributed by atoms with Gasteiger partial charge in [0.15, 0.2) is 0 Å². The van der Waals surface area contributed by atoms with Gasteiger partial charge in [-0.1, -0.05) is 6.07 Å². The minimum atomic E-state index is 0.738. The monoisotopic (exact) mass is 239 g/mol. The summed E-state index contributed by atoms with van der Waals surface area (Å²) in [6.45, 7) is 2.10. The van der Waals surface area contributed by atoms with Gasteiger partial charge >= 0.3 is 0 Å². The molecule has 1 aliphatic heterocycles. The summed E-state index contributed by atoms with van der Waals surface area (Å²) >= 11 is 0. The van der Waals surface area contributed by atoms with Crippen LogP contribution in [0.15, 0.2) is 30.7 Å². The Morgan fingerprint density at radius 3 is 3.06 bits per heavy atom. The lowest BCUT2D eigenvalue weighted by molar-refractivity contribution is 0.643. The van der Waals surface area contributed by atoms with Gasteiger partial charge in [0.1, 0.15) is 0 Å². The van der Waals surface area contributed by atoms with Crippen molar-refractivity contribution in [3.05, 3.63) is 47.5 Å². The fourth-order valence-electron chi connectivity index (χ4n) is 2.82. The Balaban J connectivity index is 1.77. The normalized spacial score (nSPS) is 18.7. The number of fused-ring (bicyclic) bond motifs is 1. The molecule has 4 rings (SSSR count). The summed E-state index contributed by atoms with van der Waals surface area (Å²) in [6.07, 6.45) is 7.76. The number of imidazole rings is 1. The Morgan fingerprint density at radius 2 is 2.17 bits per heavy atom. The average molecular weight is 239 g/mol. The second-order valence-corrected chi connectivity index (χ2v) is 5.34. The number of hydrogen-bond acceptors (Lipinski definition) is 2. The minimum absolute atomic E-state index is 0.738. The van der Waals surface area contributed by atoms with E-state index >= 15 is 0 Å². The van der Waals surface area contributed by atoms with Crippen LogP contribution in [-0.2, 0) is 13.0 Å². The molecule has 1 aliphatic carbocycles. The number of hydrogen-bond donors (Lipinski definition) is 1. The van der Waals surface area contributed by atoms with Gasteiger partial charge < -0.3 is 9.88 Å². The number of rotatable bonds is 2.